The number of carbonyl (C=O) groups is 1. The zero-order valence-corrected chi connectivity index (χ0v) is 25.2. The normalized spacial score (nSPS) is 15.7. The van der Waals surface area contributed by atoms with E-state index in [1.54, 1.807) is 19.9 Å². The van der Waals surface area contributed by atoms with Gasteiger partial charge in [-0.05, 0) is 68.1 Å². The fraction of sp³-hybridized carbons (Fsp3) is 0.440. The molecule has 1 fully saturated rings. The third-order valence-corrected chi connectivity index (χ3v) is 9.17. The van der Waals surface area contributed by atoms with Gasteiger partial charge in [-0.15, -0.1) is 12.4 Å². The lowest BCUT2D eigenvalue weighted by Gasteiger charge is -2.33. The highest BCUT2D eigenvalue weighted by Crippen LogP contribution is 2.32. The average Bonchev–Trinajstić information content (AvgIpc) is 2.90. The van der Waals surface area contributed by atoms with Crippen LogP contribution in [0.15, 0.2) is 57.4 Å². The molecule has 0 aromatic heterocycles. The summed E-state index contributed by atoms with van der Waals surface area (Å²) in [5, 5.41) is 3.40. The highest BCUT2D eigenvalue weighted by molar-refractivity contribution is 7.91. The Morgan fingerprint density at radius 2 is 1.71 bits per heavy atom. The quantitative estimate of drug-likeness (QED) is 0.0820. The number of ether oxygens (including phenoxy) is 2. The van der Waals surface area contributed by atoms with Crippen molar-refractivity contribution in [1.82, 2.24) is 4.31 Å². The predicted octanol–water partition coefficient (Wildman–Crippen LogP) is 2.26. The third-order valence-electron chi connectivity index (χ3n) is 5.77. The Kier molecular flexibility index (Phi) is 12.5. The van der Waals surface area contributed by atoms with Crippen molar-refractivity contribution in [2.75, 3.05) is 26.4 Å². The second kappa shape index (κ2) is 15.1. The van der Waals surface area contributed by atoms with Crippen LogP contribution in [0.4, 0.5) is 0 Å². The molecule has 4 N–H and O–H groups in total. The van der Waals surface area contributed by atoms with Gasteiger partial charge in [0.05, 0.1) is 13.2 Å². The minimum atomic E-state index is -4.62. The number of hydrogen-bond donors (Lipinski definition) is 2. The molecular weight excluding hydrogens is 600 g/mol. The summed E-state index contributed by atoms with van der Waals surface area (Å²) in [7, 11) is -9.03. The van der Waals surface area contributed by atoms with Crippen molar-refractivity contribution in [2.45, 2.75) is 55.4 Å². The van der Waals surface area contributed by atoms with Gasteiger partial charge in [0.1, 0.15) is 33.9 Å². The van der Waals surface area contributed by atoms with Gasteiger partial charge in [-0.1, -0.05) is 12.1 Å². The van der Waals surface area contributed by atoms with Gasteiger partial charge < -0.3 is 30.0 Å². The minimum Gasteiger partial charge on any atom is -0.493 e. The number of oxime groups is 1. The first kappa shape index (κ1) is 33.9. The van der Waals surface area contributed by atoms with Crippen molar-refractivity contribution in [3.05, 3.63) is 48.0 Å². The zero-order chi connectivity index (χ0) is 29.3. The van der Waals surface area contributed by atoms with Crippen molar-refractivity contribution < 1.29 is 40.1 Å². The molecule has 1 atom stereocenters. The largest absolute Gasteiger partial charge is 0.493 e. The Bertz CT molecular complexity index is 1430. The number of hydrogen-bond acceptors (Lipinski definition) is 10. The molecule has 0 saturated carbocycles. The smallest absolute Gasteiger partial charge is 0.340 e. The highest BCUT2D eigenvalue weighted by Gasteiger charge is 2.41. The summed E-state index contributed by atoms with van der Waals surface area (Å²) >= 11 is 0. The van der Waals surface area contributed by atoms with Gasteiger partial charge in [0.25, 0.3) is 0 Å². The van der Waals surface area contributed by atoms with Crippen molar-refractivity contribution in [2.24, 2.45) is 16.6 Å². The second-order valence-electron chi connectivity index (χ2n) is 8.90. The molecule has 0 radical (unpaired) electrons. The van der Waals surface area contributed by atoms with Crippen LogP contribution in [-0.4, -0.2) is 65.5 Å². The molecule has 1 aliphatic heterocycles. The third kappa shape index (κ3) is 9.11. The summed E-state index contributed by atoms with van der Waals surface area (Å²) in [6.45, 7) is 3.91. The lowest BCUT2D eigenvalue weighted by molar-refractivity contribution is -0.148. The van der Waals surface area contributed by atoms with Crippen LogP contribution >= 0.6 is 12.4 Å². The number of nitrogens with zero attached hydrogens (tertiary/aromatic N) is 2. The Morgan fingerprint density at radius 3 is 2.39 bits per heavy atom. The number of halogens is 1. The van der Waals surface area contributed by atoms with Crippen LogP contribution in [0.1, 0.15) is 38.2 Å². The maximum Gasteiger partial charge on any atom is 0.340 e. The lowest BCUT2D eigenvalue weighted by Crippen LogP contribution is -2.48. The summed E-state index contributed by atoms with van der Waals surface area (Å²) < 4.78 is 71.3. The van der Waals surface area contributed by atoms with E-state index in [1.165, 1.54) is 30.3 Å². The molecule has 3 rings (SSSR count). The number of piperidine rings is 1. The topological polar surface area (TPSA) is 190 Å². The average molecular weight is 635 g/mol. The molecule has 16 heteroatoms. The standard InChI is InChI=1S/C25H34N4O9S2.ClH/c1-3-35-24(30)21-9-6-7-12-29(21)39(31,32)22-10-4-5-11-23(22)40(33,34)38-20-16-18(2)15-19(17-20)36-13-8-14-37-28-25(26)27;/h4-5,10-11,15-17,21H,3,6-9,12-14H2,1-2H3,(H4,26,27,28);1H. The molecule has 1 aliphatic rings. The molecule has 228 valence electrons. The van der Waals surface area contributed by atoms with Crippen molar-refractivity contribution in [1.29, 1.82) is 0 Å². The van der Waals surface area contributed by atoms with Gasteiger partial charge in [-0.3, -0.25) is 4.79 Å². The number of guanidine groups is 1. The van der Waals surface area contributed by atoms with Gasteiger partial charge in [0, 0.05) is 19.0 Å². The fourth-order valence-electron chi connectivity index (χ4n) is 4.11. The second-order valence-corrected chi connectivity index (χ2v) is 12.3. The highest BCUT2D eigenvalue weighted by atomic mass is 35.5. The monoisotopic (exact) mass is 634 g/mol. The molecule has 0 aliphatic carbocycles. The molecule has 1 saturated heterocycles. The molecule has 2 aromatic rings. The van der Waals surface area contributed by atoms with E-state index in [1.807, 2.05) is 0 Å². The molecule has 2 aromatic carbocycles. The van der Waals surface area contributed by atoms with Gasteiger partial charge in [-0.25, -0.2) is 8.42 Å². The molecule has 1 unspecified atom stereocenters. The summed E-state index contributed by atoms with van der Waals surface area (Å²) in [6, 6.07) is 8.61. The zero-order valence-electron chi connectivity index (χ0n) is 22.7. The van der Waals surface area contributed by atoms with E-state index >= 15 is 0 Å². The number of benzene rings is 2. The van der Waals surface area contributed by atoms with E-state index in [-0.39, 0.29) is 56.9 Å². The van der Waals surface area contributed by atoms with E-state index in [0.717, 1.165) is 10.4 Å². The van der Waals surface area contributed by atoms with Crippen LogP contribution < -0.4 is 20.4 Å². The molecule has 41 heavy (non-hydrogen) atoms. The summed E-state index contributed by atoms with van der Waals surface area (Å²) in [6.07, 6.45) is 1.87. The Morgan fingerprint density at radius 1 is 1.02 bits per heavy atom. The van der Waals surface area contributed by atoms with Crippen LogP contribution in [0.25, 0.3) is 0 Å². The molecule has 1 heterocycles. The first-order chi connectivity index (χ1) is 19.0. The Balaban J connectivity index is 0.00000588. The summed E-state index contributed by atoms with van der Waals surface area (Å²) in [5.74, 6) is -0.607. The van der Waals surface area contributed by atoms with E-state index in [0.29, 0.717) is 30.6 Å². The van der Waals surface area contributed by atoms with Crippen molar-refractivity contribution >= 4 is 44.5 Å². The van der Waals surface area contributed by atoms with Crippen LogP contribution in [0.2, 0.25) is 0 Å². The maximum atomic E-state index is 13.7. The number of nitrogens with two attached hydrogens (primary N) is 2. The minimum absolute atomic E-state index is 0. The van der Waals surface area contributed by atoms with Gasteiger partial charge in [0.15, 0.2) is 0 Å². The fourth-order valence-corrected chi connectivity index (χ4v) is 7.46. The number of sulfonamides is 1. The molecule has 13 nitrogen and oxygen atoms in total. The summed E-state index contributed by atoms with van der Waals surface area (Å²) in [4.78, 5) is 16.4. The number of rotatable bonds is 13. The van der Waals surface area contributed by atoms with Gasteiger partial charge >= 0.3 is 16.1 Å². The Hall–Kier alpha value is -3.27. The molecular formula is C25H35ClN4O9S2. The maximum absolute atomic E-state index is 13.7. The van der Waals surface area contributed by atoms with E-state index in [9.17, 15) is 21.6 Å². The molecule has 0 spiro atoms. The molecule has 0 bridgehead atoms. The SMILES string of the molecule is CCOC(=O)C1CCCCN1S(=O)(=O)c1ccccc1S(=O)(=O)Oc1cc(C)cc(OCCCON=C(N)N)c1.Cl. The first-order valence-corrected chi connectivity index (χ1v) is 15.5. The summed E-state index contributed by atoms with van der Waals surface area (Å²) in [5.41, 5.74) is 11.0. The van der Waals surface area contributed by atoms with Crippen LogP contribution in [-0.2, 0) is 34.5 Å². The number of aryl methyl sites for hydroxylation is 1. The van der Waals surface area contributed by atoms with Gasteiger partial charge in [0.2, 0.25) is 16.0 Å². The number of carbonyl (C=O) groups excluding carboxylic acids is 1. The van der Waals surface area contributed by atoms with Crippen LogP contribution in [0, 0.1) is 6.92 Å². The predicted molar refractivity (Wildman–Crippen MR) is 153 cm³/mol. The van der Waals surface area contributed by atoms with Crippen LogP contribution in [0.5, 0.6) is 11.5 Å². The van der Waals surface area contributed by atoms with Crippen LogP contribution in [0.3, 0.4) is 0 Å². The molecule has 0 amide bonds. The van der Waals surface area contributed by atoms with Crippen molar-refractivity contribution in [3.63, 3.8) is 0 Å². The van der Waals surface area contributed by atoms with E-state index in [2.05, 4.69) is 5.16 Å². The van der Waals surface area contributed by atoms with E-state index < -0.39 is 41.9 Å². The Labute approximate surface area is 246 Å². The van der Waals surface area contributed by atoms with E-state index in [4.69, 9.17) is 30.0 Å². The van der Waals surface area contributed by atoms with Crippen molar-refractivity contribution in [3.8, 4) is 11.5 Å². The number of esters is 1. The lowest BCUT2D eigenvalue weighted by atomic mass is 10.1. The first-order valence-electron chi connectivity index (χ1n) is 12.6. The van der Waals surface area contributed by atoms with Gasteiger partial charge in [-0.2, -0.15) is 12.7 Å².